The van der Waals surface area contributed by atoms with Crippen molar-refractivity contribution in [1.82, 2.24) is 10.2 Å². The standard InChI is InChI=1S/C27H34N2O12/c1-27(2,3)26(38)39-13-15-7-6-14(5-4-10-28-17(30)12-29-18(31)8-9-19(29)32)11-16(15)40-25-22(35)20(33)21(34)23(41-25)24(36)37/h6-9,11,20-23,25,33-35H,4-5,10,12-13H2,1-3H3,(H,28,30)(H,36,37)/t20-,21-,22+,23?,25?/m0/s1. The monoisotopic (exact) mass is 578 g/mol. The number of aliphatic hydroxyl groups excluding tert-OH is 3. The van der Waals surface area contributed by atoms with Gasteiger partial charge in [0, 0.05) is 24.3 Å². The van der Waals surface area contributed by atoms with Gasteiger partial charge in [0.15, 0.2) is 6.10 Å². The van der Waals surface area contributed by atoms with Gasteiger partial charge in [-0.15, -0.1) is 0 Å². The molecule has 0 aromatic heterocycles. The summed E-state index contributed by atoms with van der Waals surface area (Å²) < 4.78 is 16.3. The maximum atomic E-state index is 12.3. The van der Waals surface area contributed by atoms with Gasteiger partial charge in [-0.1, -0.05) is 12.1 Å². The van der Waals surface area contributed by atoms with Crippen molar-refractivity contribution >= 4 is 29.7 Å². The molecule has 14 heteroatoms. The van der Waals surface area contributed by atoms with Crippen LogP contribution in [-0.2, 0) is 46.5 Å². The molecule has 0 spiro atoms. The molecule has 5 N–H and O–H groups in total. The van der Waals surface area contributed by atoms with E-state index in [0.29, 0.717) is 24.0 Å². The lowest BCUT2D eigenvalue weighted by Crippen LogP contribution is -2.61. The summed E-state index contributed by atoms with van der Waals surface area (Å²) in [5, 5.41) is 42.4. The van der Waals surface area contributed by atoms with Gasteiger partial charge in [0.1, 0.15) is 37.2 Å². The molecule has 2 heterocycles. The maximum Gasteiger partial charge on any atom is 0.335 e. The van der Waals surface area contributed by atoms with Gasteiger partial charge in [-0.3, -0.25) is 24.1 Å². The molecule has 0 saturated carbocycles. The number of carboxylic acid groups (broad SMARTS) is 1. The molecule has 1 aromatic carbocycles. The highest BCUT2D eigenvalue weighted by molar-refractivity contribution is 6.14. The Morgan fingerprint density at radius 1 is 1.02 bits per heavy atom. The summed E-state index contributed by atoms with van der Waals surface area (Å²) >= 11 is 0. The molecule has 3 amide bonds. The van der Waals surface area contributed by atoms with E-state index < -0.39 is 72.3 Å². The number of ether oxygens (including phenoxy) is 3. The quantitative estimate of drug-likeness (QED) is 0.122. The van der Waals surface area contributed by atoms with E-state index >= 15 is 0 Å². The topological polar surface area (TPSA) is 209 Å². The number of carbonyl (C=O) groups excluding carboxylic acids is 4. The van der Waals surface area contributed by atoms with Gasteiger partial charge < -0.3 is 40.0 Å². The van der Waals surface area contributed by atoms with Crippen LogP contribution in [-0.4, -0.2) is 98.8 Å². The van der Waals surface area contributed by atoms with E-state index in [1.807, 2.05) is 0 Å². The average molecular weight is 579 g/mol. The molecule has 0 bridgehead atoms. The number of aliphatic carboxylic acids is 1. The van der Waals surface area contributed by atoms with Crippen LogP contribution in [0.25, 0.3) is 0 Å². The molecule has 2 aliphatic heterocycles. The number of rotatable bonds is 11. The first kappa shape index (κ1) is 31.7. The third-order valence-corrected chi connectivity index (χ3v) is 6.33. The second kappa shape index (κ2) is 13.2. The molecular weight excluding hydrogens is 544 g/mol. The number of carbonyl (C=O) groups is 5. The number of amides is 3. The number of aliphatic hydroxyl groups is 3. The van der Waals surface area contributed by atoms with E-state index in [1.54, 1.807) is 39.0 Å². The van der Waals surface area contributed by atoms with E-state index in [2.05, 4.69) is 5.32 Å². The molecule has 1 fully saturated rings. The highest BCUT2D eigenvalue weighted by Gasteiger charge is 2.48. The van der Waals surface area contributed by atoms with Gasteiger partial charge >= 0.3 is 11.9 Å². The summed E-state index contributed by atoms with van der Waals surface area (Å²) in [6, 6.07) is 4.88. The van der Waals surface area contributed by atoms with Gasteiger partial charge in [0.25, 0.3) is 11.8 Å². The number of nitrogens with zero attached hydrogens (tertiary/aromatic N) is 1. The zero-order valence-electron chi connectivity index (χ0n) is 22.8. The van der Waals surface area contributed by atoms with Crippen molar-refractivity contribution < 1.29 is 58.6 Å². The number of carboxylic acids is 1. The van der Waals surface area contributed by atoms with Gasteiger partial charge in [0.2, 0.25) is 12.2 Å². The fourth-order valence-corrected chi connectivity index (χ4v) is 3.92. The predicted octanol–water partition coefficient (Wildman–Crippen LogP) is -0.979. The SMILES string of the molecule is CC(C)(C)C(=O)OCc1ccc(CCCNC(=O)CN2C(=O)C=CC2=O)cc1OC1OC(C(=O)O)[C@@H](O)[C@H](O)[C@H]1O. The summed E-state index contributed by atoms with van der Waals surface area (Å²) in [4.78, 5) is 59.9. The van der Waals surface area contributed by atoms with Crippen molar-refractivity contribution in [3.8, 4) is 5.75 Å². The van der Waals surface area contributed by atoms with Crippen LogP contribution in [0.2, 0.25) is 0 Å². The van der Waals surface area contributed by atoms with E-state index in [1.165, 1.54) is 0 Å². The van der Waals surface area contributed by atoms with Crippen molar-refractivity contribution in [1.29, 1.82) is 0 Å². The number of nitrogens with one attached hydrogen (secondary N) is 1. The summed E-state index contributed by atoms with van der Waals surface area (Å²) in [6.45, 7) is 4.64. The molecule has 41 heavy (non-hydrogen) atoms. The van der Waals surface area contributed by atoms with Crippen LogP contribution >= 0.6 is 0 Å². The third-order valence-electron chi connectivity index (χ3n) is 6.33. The minimum atomic E-state index is -1.89. The zero-order valence-corrected chi connectivity index (χ0v) is 22.8. The first-order chi connectivity index (χ1) is 19.2. The number of esters is 1. The number of imide groups is 1. The zero-order chi connectivity index (χ0) is 30.5. The van der Waals surface area contributed by atoms with Gasteiger partial charge in [0.05, 0.1) is 5.41 Å². The van der Waals surface area contributed by atoms with Crippen LogP contribution in [0.1, 0.15) is 38.3 Å². The predicted molar refractivity (Wildman–Crippen MR) is 138 cm³/mol. The second-order valence-electron chi connectivity index (χ2n) is 10.7. The van der Waals surface area contributed by atoms with Crippen molar-refractivity contribution in [2.24, 2.45) is 5.41 Å². The molecular formula is C27H34N2O12. The molecule has 224 valence electrons. The van der Waals surface area contributed by atoms with E-state index in [4.69, 9.17) is 14.2 Å². The smallest absolute Gasteiger partial charge is 0.335 e. The molecule has 1 saturated heterocycles. The molecule has 3 rings (SSSR count). The van der Waals surface area contributed by atoms with Gasteiger partial charge in [-0.2, -0.15) is 0 Å². The molecule has 1 aromatic rings. The van der Waals surface area contributed by atoms with Crippen molar-refractivity contribution in [2.75, 3.05) is 13.1 Å². The Labute approximate surface area is 235 Å². The lowest BCUT2D eigenvalue weighted by Gasteiger charge is -2.38. The summed E-state index contributed by atoms with van der Waals surface area (Å²) in [5.74, 6) is -3.61. The highest BCUT2D eigenvalue weighted by Crippen LogP contribution is 2.29. The second-order valence-corrected chi connectivity index (χ2v) is 10.7. The normalized spacial score (nSPS) is 24.3. The lowest BCUT2D eigenvalue weighted by atomic mass is 9.97. The van der Waals surface area contributed by atoms with Crippen molar-refractivity contribution in [3.05, 3.63) is 41.5 Å². The van der Waals surface area contributed by atoms with Crippen molar-refractivity contribution in [3.63, 3.8) is 0 Å². The van der Waals surface area contributed by atoms with Crippen LogP contribution < -0.4 is 10.1 Å². The Morgan fingerprint density at radius 3 is 2.29 bits per heavy atom. The van der Waals surface area contributed by atoms with Crippen molar-refractivity contribution in [2.45, 2.75) is 70.9 Å². The highest BCUT2D eigenvalue weighted by atomic mass is 16.7. The molecule has 14 nitrogen and oxygen atoms in total. The van der Waals surface area contributed by atoms with Crippen LogP contribution in [0.4, 0.5) is 0 Å². The number of aryl methyl sites for hydroxylation is 1. The number of hydrogen-bond acceptors (Lipinski definition) is 11. The Morgan fingerprint density at radius 2 is 1.68 bits per heavy atom. The van der Waals surface area contributed by atoms with E-state index in [9.17, 15) is 44.4 Å². The third kappa shape index (κ3) is 8.10. The summed E-state index contributed by atoms with van der Waals surface area (Å²) in [5.41, 5.74) is 0.265. The number of benzene rings is 1. The Balaban J connectivity index is 1.68. The molecule has 0 radical (unpaired) electrons. The van der Waals surface area contributed by atoms with Crippen LogP contribution in [0.3, 0.4) is 0 Å². The molecule has 5 atom stereocenters. The fourth-order valence-electron chi connectivity index (χ4n) is 3.92. The largest absolute Gasteiger partial charge is 0.479 e. The molecule has 2 aliphatic rings. The Kier molecular flexibility index (Phi) is 10.2. The number of hydrogen-bond donors (Lipinski definition) is 5. The average Bonchev–Trinajstić information content (AvgIpc) is 3.21. The summed E-state index contributed by atoms with van der Waals surface area (Å²) in [6.07, 6.45) is -6.07. The first-order valence-corrected chi connectivity index (χ1v) is 12.9. The summed E-state index contributed by atoms with van der Waals surface area (Å²) in [7, 11) is 0. The Hall–Kier alpha value is -3.85. The fraction of sp³-hybridized carbons (Fsp3) is 0.519. The van der Waals surface area contributed by atoms with Crippen LogP contribution in [0.5, 0.6) is 5.75 Å². The first-order valence-electron chi connectivity index (χ1n) is 12.9. The minimum absolute atomic E-state index is 0.0728. The van der Waals surface area contributed by atoms with E-state index in [-0.39, 0.29) is 18.9 Å². The molecule has 2 unspecified atom stereocenters. The van der Waals surface area contributed by atoms with Gasteiger partial charge in [-0.25, -0.2) is 4.79 Å². The van der Waals surface area contributed by atoms with E-state index in [0.717, 1.165) is 17.1 Å². The maximum absolute atomic E-state index is 12.3. The Bertz CT molecular complexity index is 1190. The molecule has 0 aliphatic carbocycles. The van der Waals surface area contributed by atoms with Gasteiger partial charge in [-0.05, 0) is 45.2 Å². The minimum Gasteiger partial charge on any atom is -0.479 e. The van der Waals surface area contributed by atoms with Crippen LogP contribution in [0.15, 0.2) is 30.4 Å². The van der Waals surface area contributed by atoms with Crippen LogP contribution in [0, 0.1) is 5.41 Å². The lowest BCUT2D eigenvalue weighted by molar-refractivity contribution is -0.271.